The molecule has 0 aliphatic heterocycles. The van der Waals surface area contributed by atoms with E-state index in [1.807, 2.05) is 6.33 Å². The smallest absolute Gasteiger partial charge is 0.0954 e. The molecule has 17 heavy (non-hydrogen) atoms. The fraction of sp³-hybridized carbons (Fsp3) is 0.786. The molecule has 3 atom stereocenters. The van der Waals surface area contributed by atoms with Gasteiger partial charge >= 0.3 is 0 Å². The average molecular weight is 235 g/mol. The lowest BCUT2D eigenvalue weighted by molar-refractivity contribution is 0.215. The van der Waals surface area contributed by atoms with Crippen molar-refractivity contribution in [3.8, 4) is 0 Å². The number of nitrogens with zero attached hydrogens (tertiary/aromatic N) is 2. The van der Waals surface area contributed by atoms with Gasteiger partial charge < -0.3 is 9.88 Å². The normalized spacial score (nSPS) is 29.5. The van der Waals surface area contributed by atoms with Gasteiger partial charge in [-0.15, -0.1) is 0 Å². The molecule has 1 saturated carbocycles. The first kappa shape index (κ1) is 12.6. The van der Waals surface area contributed by atoms with E-state index in [-0.39, 0.29) is 0 Å². The van der Waals surface area contributed by atoms with Gasteiger partial charge in [0.1, 0.15) is 0 Å². The van der Waals surface area contributed by atoms with Crippen molar-refractivity contribution >= 4 is 0 Å². The summed E-state index contributed by atoms with van der Waals surface area (Å²) in [5.41, 5.74) is 2.49. The lowest BCUT2D eigenvalue weighted by Gasteiger charge is -2.36. The average Bonchev–Trinajstić information content (AvgIpc) is 2.63. The van der Waals surface area contributed by atoms with Crippen molar-refractivity contribution in [3.63, 3.8) is 0 Å². The quantitative estimate of drug-likeness (QED) is 0.873. The summed E-state index contributed by atoms with van der Waals surface area (Å²) in [6, 6.07) is 1.20. The number of hydrogen-bond acceptors (Lipinski definition) is 2. The standard InChI is InChI=1S/C14H25N3/c1-5-15-13-7-6-10(2)8-14(13)17-9-16-11(3)12(17)4/h9-10,13-15H,5-8H2,1-4H3. The SMILES string of the molecule is CCNC1CCC(C)CC1n1cnc(C)c1C. The molecule has 0 radical (unpaired) electrons. The second kappa shape index (κ2) is 5.21. The number of likely N-dealkylation sites (N-methyl/N-ethyl adjacent to an activating group) is 1. The van der Waals surface area contributed by atoms with Crippen LogP contribution in [0.1, 0.15) is 50.5 Å². The number of hydrogen-bond donors (Lipinski definition) is 1. The zero-order valence-electron chi connectivity index (χ0n) is 11.5. The zero-order chi connectivity index (χ0) is 12.4. The molecule has 96 valence electrons. The number of rotatable bonds is 3. The Hall–Kier alpha value is -0.830. The van der Waals surface area contributed by atoms with E-state index in [9.17, 15) is 0 Å². The van der Waals surface area contributed by atoms with Crippen LogP contribution in [0.4, 0.5) is 0 Å². The van der Waals surface area contributed by atoms with Gasteiger partial charge in [0.05, 0.1) is 18.1 Å². The Morgan fingerprint density at radius 3 is 2.76 bits per heavy atom. The molecule has 0 spiro atoms. The minimum absolute atomic E-state index is 0.583. The second-order valence-corrected chi connectivity index (χ2v) is 5.47. The van der Waals surface area contributed by atoms with E-state index in [2.05, 4.69) is 42.6 Å². The van der Waals surface area contributed by atoms with Crippen LogP contribution < -0.4 is 5.32 Å². The van der Waals surface area contributed by atoms with Crippen LogP contribution in [0.5, 0.6) is 0 Å². The maximum absolute atomic E-state index is 4.45. The minimum atomic E-state index is 0.583. The Balaban J connectivity index is 2.22. The van der Waals surface area contributed by atoms with Crippen LogP contribution in [0.3, 0.4) is 0 Å². The Morgan fingerprint density at radius 2 is 2.18 bits per heavy atom. The van der Waals surface area contributed by atoms with Crippen molar-refractivity contribution in [1.29, 1.82) is 0 Å². The Bertz CT molecular complexity index is 370. The third-order valence-corrected chi connectivity index (χ3v) is 4.19. The molecule has 1 N–H and O–H groups in total. The summed E-state index contributed by atoms with van der Waals surface area (Å²) in [7, 11) is 0. The molecule has 1 aromatic heterocycles. The molecule has 1 fully saturated rings. The molecule has 3 nitrogen and oxygen atoms in total. The fourth-order valence-electron chi connectivity index (χ4n) is 3.01. The maximum Gasteiger partial charge on any atom is 0.0954 e. The predicted molar refractivity (Wildman–Crippen MR) is 71.2 cm³/mol. The summed E-state index contributed by atoms with van der Waals surface area (Å²) < 4.78 is 2.39. The topological polar surface area (TPSA) is 29.9 Å². The van der Waals surface area contributed by atoms with E-state index < -0.39 is 0 Å². The van der Waals surface area contributed by atoms with Crippen LogP contribution in [0, 0.1) is 19.8 Å². The third-order valence-electron chi connectivity index (χ3n) is 4.19. The van der Waals surface area contributed by atoms with Crippen molar-refractivity contribution in [2.45, 2.75) is 59.0 Å². The molecule has 2 rings (SSSR count). The van der Waals surface area contributed by atoms with Crippen LogP contribution in [-0.4, -0.2) is 22.1 Å². The van der Waals surface area contributed by atoms with Crippen molar-refractivity contribution < 1.29 is 0 Å². The Morgan fingerprint density at radius 1 is 1.41 bits per heavy atom. The monoisotopic (exact) mass is 235 g/mol. The van der Waals surface area contributed by atoms with E-state index in [1.165, 1.54) is 30.7 Å². The summed E-state index contributed by atoms with van der Waals surface area (Å²) in [4.78, 5) is 4.45. The molecule has 1 aliphatic carbocycles. The highest BCUT2D eigenvalue weighted by Crippen LogP contribution is 2.33. The van der Waals surface area contributed by atoms with Crippen LogP contribution in [-0.2, 0) is 0 Å². The van der Waals surface area contributed by atoms with Gasteiger partial charge in [0.25, 0.3) is 0 Å². The predicted octanol–water partition coefficient (Wildman–Crippen LogP) is 2.84. The first-order valence-corrected chi connectivity index (χ1v) is 6.86. The second-order valence-electron chi connectivity index (χ2n) is 5.47. The first-order valence-electron chi connectivity index (χ1n) is 6.86. The largest absolute Gasteiger partial charge is 0.330 e. The molecule has 1 aromatic rings. The molecular weight excluding hydrogens is 210 g/mol. The molecular formula is C14H25N3. The van der Waals surface area contributed by atoms with Crippen molar-refractivity contribution in [2.75, 3.05) is 6.54 Å². The van der Waals surface area contributed by atoms with Gasteiger partial charge in [-0.1, -0.05) is 13.8 Å². The molecule has 0 bridgehead atoms. The van der Waals surface area contributed by atoms with E-state index in [1.54, 1.807) is 0 Å². The maximum atomic E-state index is 4.45. The van der Waals surface area contributed by atoms with E-state index in [0.29, 0.717) is 12.1 Å². The zero-order valence-corrected chi connectivity index (χ0v) is 11.5. The summed E-state index contributed by atoms with van der Waals surface area (Å²) in [5.74, 6) is 0.831. The molecule has 3 heteroatoms. The highest BCUT2D eigenvalue weighted by Gasteiger charge is 2.30. The van der Waals surface area contributed by atoms with Crippen LogP contribution in [0.25, 0.3) is 0 Å². The van der Waals surface area contributed by atoms with Gasteiger partial charge in [0.15, 0.2) is 0 Å². The van der Waals surface area contributed by atoms with Gasteiger partial charge in [-0.2, -0.15) is 0 Å². The summed E-state index contributed by atoms with van der Waals surface area (Å²) in [6.07, 6.45) is 5.93. The molecule has 1 heterocycles. The number of aromatic nitrogens is 2. The van der Waals surface area contributed by atoms with Gasteiger partial charge in [-0.3, -0.25) is 0 Å². The highest BCUT2D eigenvalue weighted by molar-refractivity contribution is 5.11. The van der Waals surface area contributed by atoms with E-state index >= 15 is 0 Å². The van der Waals surface area contributed by atoms with Crippen molar-refractivity contribution in [3.05, 3.63) is 17.7 Å². The number of aryl methyl sites for hydroxylation is 1. The lowest BCUT2D eigenvalue weighted by Crippen LogP contribution is -2.41. The number of imidazole rings is 1. The number of nitrogens with one attached hydrogen (secondary N) is 1. The first-order chi connectivity index (χ1) is 8.13. The van der Waals surface area contributed by atoms with Crippen LogP contribution in [0.2, 0.25) is 0 Å². The lowest BCUT2D eigenvalue weighted by atomic mass is 9.83. The van der Waals surface area contributed by atoms with Crippen LogP contribution >= 0.6 is 0 Å². The molecule has 3 unspecified atom stereocenters. The highest BCUT2D eigenvalue weighted by atomic mass is 15.1. The van der Waals surface area contributed by atoms with Gasteiger partial charge in [0, 0.05) is 11.7 Å². The van der Waals surface area contributed by atoms with Crippen LogP contribution in [0.15, 0.2) is 6.33 Å². The van der Waals surface area contributed by atoms with E-state index in [4.69, 9.17) is 0 Å². The Kier molecular flexibility index (Phi) is 3.87. The summed E-state index contributed by atoms with van der Waals surface area (Å²) in [6.45, 7) is 9.91. The molecule has 0 saturated heterocycles. The van der Waals surface area contributed by atoms with Crippen molar-refractivity contribution in [2.24, 2.45) is 5.92 Å². The fourth-order valence-corrected chi connectivity index (χ4v) is 3.01. The van der Waals surface area contributed by atoms with Crippen molar-refractivity contribution in [1.82, 2.24) is 14.9 Å². The molecule has 0 amide bonds. The summed E-state index contributed by atoms with van der Waals surface area (Å²) >= 11 is 0. The molecule has 1 aliphatic rings. The third kappa shape index (κ3) is 2.54. The van der Waals surface area contributed by atoms with E-state index in [0.717, 1.165) is 12.5 Å². The Labute approximate surface area is 105 Å². The summed E-state index contributed by atoms with van der Waals surface area (Å²) in [5, 5.41) is 3.64. The van der Waals surface area contributed by atoms with Gasteiger partial charge in [0.2, 0.25) is 0 Å². The minimum Gasteiger partial charge on any atom is -0.330 e. The van der Waals surface area contributed by atoms with Gasteiger partial charge in [-0.05, 0) is 45.6 Å². The molecule has 0 aromatic carbocycles. The van der Waals surface area contributed by atoms with Gasteiger partial charge in [-0.25, -0.2) is 4.98 Å².